The number of nitrogens with zero attached hydrogens (tertiary/aromatic N) is 2. The third-order valence-corrected chi connectivity index (χ3v) is 4.40. The Morgan fingerprint density at radius 3 is 2.50 bits per heavy atom. The average Bonchev–Trinajstić information content (AvgIpc) is 2.61. The van der Waals surface area contributed by atoms with Crippen LogP contribution in [0.25, 0.3) is 0 Å². The fourth-order valence-corrected chi connectivity index (χ4v) is 3.14. The van der Waals surface area contributed by atoms with Crippen LogP contribution in [0.15, 0.2) is 48.5 Å². The molecule has 134 valence electrons. The first kappa shape index (κ1) is 17.6. The Bertz CT molecular complexity index is 868. The van der Waals surface area contributed by atoms with Gasteiger partial charge in [0, 0.05) is 12.6 Å². The molecule has 1 atom stereocenters. The maximum Gasteiger partial charge on any atom is 0.292 e. The predicted molar refractivity (Wildman–Crippen MR) is 95.3 cm³/mol. The van der Waals surface area contributed by atoms with Gasteiger partial charge in [-0.1, -0.05) is 36.4 Å². The van der Waals surface area contributed by atoms with Gasteiger partial charge in [0.05, 0.1) is 17.5 Å². The summed E-state index contributed by atoms with van der Waals surface area (Å²) in [5, 5.41) is 13.6. The maximum atomic E-state index is 12.4. The molecule has 0 saturated heterocycles. The van der Waals surface area contributed by atoms with Gasteiger partial charge in [-0.2, -0.15) is 0 Å². The van der Waals surface area contributed by atoms with E-state index in [0.29, 0.717) is 13.0 Å². The van der Waals surface area contributed by atoms with E-state index in [1.807, 2.05) is 24.3 Å². The van der Waals surface area contributed by atoms with Crippen molar-refractivity contribution in [3.8, 4) is 0 Å². The fraction of sp³-hybridized carbons (Fsp3) is 0.222. The average molecular weight is 354 g/mol. The predicted octanol–water partition coefficient (Wildman–Crippen LogP) is 1.45. The minimum Gasteiger partial charge on any atom is -0.368 e. The lowest BCUT2D eigenvalue weighted by molar-refractivity contribution is -0.383. The first-order valence-corrected chi connectivity index (χ1v) is 8.09. The Labute approximate surface area is 149 Å². The van der Waals surface area contributed by atoms with Gasteiger partial charge in [-0.3, -0.25) is 24.6 Å². The molecule has 3 N–H and O–H groups in total. The second-order valence-electron chi connectivity index (χ2n) is 6.12. The zero-order chi connectivity index (χ0) is 18.7. The number of nitrogens with one attached hydrogen (secondary N) is 1. The molecule has 1 aliphatic rings. The van der Waals surface area contributed by atoms with Gasteiger partial charge in [0.25, 0.3) is 5.69 Å². The third kappa shape index (κ3) is 3.70. The number of amides is 2. The first-order valence-electron chi connectivity index (χ1n) is 8.09. The molecule has 0 fully saturated rings. The molecule has 2 aromatic carbocycles. The number of nitro groups is 1. The highest BCUT2D eigenvalue weighted by Crippen LogP contribution is 2.25. The monoisotopic (exact) mass is 354 g/mol. The maximum absolute atomic E-state index is 12.4. The van der Waals surface area contributed by atoms with E-state index < -0.39 is 22.8 Å². The summed E-state index contributed by atoms with van der Waals surface area (Å²) in [5.74, 6) is -0.942. The molecule has 1 heterocycles. The van der Waals surface area contributed by atoms with E-state index >= 15 is 0 Å². The van der Waals surface area contributed by atoms with Gasteiger partial charge < -0.3 is 11.1 Å². The Morgan fingerprint density at radius 2 is 1.81 bits per heavy atom. The minimum absolute atomic E-state index is 0.0893. The molecule has 8 nitrogen and oxygen atoms in total. The summed E-state index contributed by atoms with van der Waals surface area (Å²) in [7, 11) is 0. The fourth-order valence-electron chi connectivity index (χ4n) is 3.14. The van der Waals surface area contributed by atoms with Crippen molar-refractivity contribution in [2.45, 2.75) is 19.0 Å². The molecule has 0 bridgehead atoms. The van der Waals surface area contributed by atoms with Crippen LogP contribution >= 0.6 is 0 Å². The van der Waals surface area contributed by atoms with Crippen molar-refractivity contribution in [1.29, 1.82) is 0 Å². The van der Waals surface area contributed by atoms with E-state index in [4.69, 9.17) is 5.73 Å². The largest absolute Gasteiger partial charge is 0.368 e. The van der Waals surface area contributed by atoms with Gasteiger partial charge in [0.2, 0.25) is 11.8 Å². The highest BCUT2D eigenvalue weighted by atomic mass is 16.6. The number of hydrogen-bond acceptors (Lipinski definition) is 5. The lowest BCUT2D eigenvalue weighted by atomic mass is 9.93. The van der Waals surface area contributed by atoms with E-state index in [2.05, 4.69) is 5.32 Å². The van der Waals surface area contributed by atoms with Crippen molar-refractivity contribution in [1.82, 2.24) is 4.90 Å². The van der Waals surface area contributed by atoms with Crippen LogP contribution in [0.4, 0.5) is 11.4 Å². The highest BCUT2D eigenvalue weighted by molar-refractivity contribution is 5.95. The highest BCUT2D eigenvalue weighted by Gasteiger charge is 2.31. The van der Waals surface area contributed by atoms with Gasteiger partial charge in [0.15, 0.2) is 0 Å². The Morgan fingerprint density at radius 1 is 1.15 bits per heavy atom. The second kappa shape index (κ2) is 7.32. The summed E-state index contributed by atoms with van der Waals surface area (Å²) in [6.07, 6.45) is 0.435. The van der Waals surface area contributed by atoms with Crippen LogP contribution in [0.1, 0.15) is 11.1 Å². The molecule has 26 heavy (non-hydrogen) atoms. The summed E-state index contributed by atoms with van der Waals surface area (Å²) >= 11 is 0. The number of nitrogens with two attached hydrogens (primary N) is 1. The summed E-state index contributed by atoms with van der Waals surface area (Å²) in [6.45, 7) is 0.322. The number of hydrogen-bond donors (Lipinski definition) is 2. The smallest absolute Gasteiger partial charge is 0.292 e. The number of rotatable bonds is 5. The molecule has 3 rings (SSSR count). The number of carbonyl (C=O) groups is 2. The molecule has 0 aliphatic carbocycles. The van der Waals surface area contributed by atoms with Crippen LogP contribution in [0.3, 0.4) is 0 Å². The van der Waals surface area contributed by atoms with Crippen LogP contribution in [0.2, 0.25) is 0 Å². The molecule has 0 radical (unpaired) electrons. The molecule has 2 aromatic rings. The standard InChI is InChI=1S/C18H18N4O4/c19-18(24)16-9-12-5-1-2-6-13(12)10-21(16)11-17(23)20-14-7-3-4-8-15(14)22(25)26/h1-8,16H,9-11H2,(H2,19,24)(H,20,23)/t16-/m0/s1. The van der Waals surface area contributed by atoms with Crippen LogP contribution < -0.4 is 11.1 Å². The van der Waals surface area contributed by atoms with E-state index in [1.165, 1.54) is 18.2 Å². The molecule has 0 spiro atoms. The number of anilines is 1. The van der Waals surface area contributed by atoms with Crippen LogP contribution in [0.5, 0.6) is 0 Å². The Kier molecular flexibility index (Phi) is 4.94. The van der Waals surface area contributed by atoms with Gasteiger partial charge >= 0.3 is 0 Å². The Balaban J connectivity index is 1.76. The van der Waals surface area contributed by atoms with Gasteiger partial charge in [-0.05, 0) is 23.6 Å². The molecule has 1 aliphatic heterocycles. The van der Waals surface area contributed by atoms with Gasteiger partial charge in [-0.25, -0.2) is 0 Å². The Hall–Kier alpha value is -3.26. The van der Waals surface area contributed by atoms with Crippen molar-refractivity contribution in [3.05, 3.63) is 69.8 Å². The first-order chi connectivity index (χ1) is 12.5. The molecular weight excluding hydrogens is 336 g/mol. The topological polar surface area (TPSA) is 119 Å². The van der Waals surface area contributed by atoms with Crippen molar-refractivity contribution in [2.24, 2.45) is 5.73 Å². The number of benzene rings is 2. The summed E-state index contributed by atoms with van der Waals surface area (Å²) in [6, 6.07) is 13.0. The van der Waals surface area contributed by atoms with E-state index in [1.54, 1.807) is 11.0 Å². The van der Waals surface area contributed by atoms with Gasteiger partial charge in [0.1, 0.15) is 5.69 Å². The zero-order valence-electron chi connectivity index (χ0n) is 13.9. The van der Waals surface area contributed by atoms with Crippen molar-refractivity contribution < 1.29 is 14.5 Å². The van der Waals surface area contributed by atoms with Crippen molar-refractivity contribution in [2.75, 3.05) is 11.9 Å². The third-order valence-electron chi connectivity index (χ3n) is 4.40. The minimum atomic E-state index is -0.596. The van der Waals surface area contributed by atoms with Crippen molar-refractivity contribution in [3.63, 3.8) is 0 Å². The lowest BCUT2D eigenvalue weighted by Gasteiger charge is -2.34. The van der Waals surface area contributed by atoms with E-state index in [9.17, 15) is 19.7 Å². The molecule has 0 saturated carbocycles. The van der Waals surface area contributed by atoms with Crippen LogP contribution in [-0.2, 0) is 22.6 Å². The quantitative estimate of drug-likeness (QED) is 0.622. The number of para-hydroxylation sites is 2. The molecule has 0 aromatic heterocycles. The number of nitro benzene ring substituents is 1. The van der Waals surface area contributed by atoms with E-state index in [0.717, 1.165) is 11.1 Å². The van der Waals surface area contributed by atoms with Crippen molar-refractivity contribution >= 4 is 23.2 Å². The van der Waals surface area contributed by atoms with Crippen LogP contribution in [0, 0.1) is 10.1 Å². The SMILES string of the molecule is NC(=O)[C@@H]1Cc2ccccc2CN1CC(=O)Nc1ccccc1[N+](=O)[O-]. The second-order valence-corrected chi connectivity index (χ2v) is 6.12. The normalized spacial score (nSPS) is 16.5. The number of fused-ring (bicyclic) bond motifs is 1. The number of primary amides is 1. The zero-order valence-corrected chi connectivity index (χ0v) is 13.9. The summed E-state index contributed by atoms with van der Waals surface area (Å²) < 4.78 is 0. The molecule has 8 heteroatoms. The molecular formula is C18H18N4O4. The summed E-state index contributed by atoms with van der Waals surface area (Å²) in [5.41, 5.74) is 7.51. The van der Waals surface area contributed by atoms with Gasteiger partial charge in [-0.15, -0.1) is 0 Å². The summed E-state index contributed by atoms with van der Waals surface area (Å²) in [4.78, 5) is 36.4. The molecule has 2 amide bonds. The number of carbonyl (C=O) groups excluding carboxylic acids is 2. The van der Waals surface area contributed by atoms with E-state index in [-0.39, 0.29) is 17.9 Å². The lowest BCUT2D eigenvalue weighted by Crippen LogP contribution is -2.50. The van der Waals surface area contributed by atoms with Crippen LogP contribution in [-0.4, -0.2) is 34.2 Å². The molecule has 0 unspecified atom stereocenters.